The molecule has 0 aromatic heterocycles. The smallest absolute Gasteiger partial charge is 0.193 e. The van der Waals surface area contributed by atoms with Gasteiger partial charge in [0.2, 0.25) is 0 Å². The molecule has 5 heteroatoms. The van der Waals surface area contributed by atoms with Crippen molar-refractivity contribution in [3.05, 3.63) is 35.4 Å². The van der Waals surface area contributed by atoms with Gasteiger partial charge in [0.15, 0.2) is 5.96 Å². The molecule has 1 aromatic rings. The molecule has 2 fully saturated rings. The van der Waals surface area contributed by atoms with Crippen LogP contribution in [-0.4, -0.2) is 62.7 Å². The van der Waals surface area contributed by atoms with Crippen molar-refractivity contribution in [3.8, 4) is 0 Å². The molecule has 29 heavy (non-hydrogen) atoms. The van der Waals surface area contributed by atoms with Crippen LogP contribution in [0.25, 0.3) is 0 Å². The quantitative estimate of drug-likeness (QED) is 0.557. The lowest BCUT2D eigenvalue weighted by molar-refractivity contribution is 0.0625. The van der Waals surface area contributed by atoms with Crippen LogP contribution in [0.2, 0.25) is 0 Å². The molecule has 2 heterocycles. The maximum absolute atomic E-state index is 5.48. The van der Waals surface area contributed by atoms with Gasteiger partial charge in [0.05, 0.1) is 0 Å². The first kappa shape index (κ1) is 22.1. The molecule has 0 amide bonds. The van der Waals surface area contributed by atoms with Crippen molar-refractivity contribution in [1.29, 1.82) is 0 Å². The van der Waals surface area contributed by atoms with Gasteiger partial charge in [0.25, 0.3) is 0 Å². The standard InChI is InChI=1S/C24H40N4O/c1-25-24(27(2)16-11-21-12-17-29-18-13-21)26-19-22-9-5-6-10-23(22)20-28-14-7-3-4-8-15-28/h5-6,9-10,21H,3-4,7-8,11-20H2,1-2H3,(H,25,26). The molecule has 0 radical (unpaired) electrons. The Bertz CT molecular complexity index is 619. The van der Waals surface area contributed by atoms with Gasteiger partial charge in [-0.2, -0.15) is 0 Å². The van der Waals surface area contributed by atoms with Gasteiger partial charge in [-0.25, -0.2) is 0 Å². The van der Waals surface area contributed by atoms with Crippen LogP contribution >= 0.6 is 0 Å². The lowest BCUT2D eigenvalue weighted by atomic mass is 9.96. The molecule has 3 rings (SSSR count). The monoisotopic (exact) mass is 400 g/mol. The van der Waals surface area contributed by atoms with E-state index in [-0.39, 0.29) is 0 Å². The molecule has 2 aliphatic heterocycles. The molecule has 2 aliphatic rings. The minimum Gasteiger partial charge on any atom is -0.381 e. The fourth-order valence-electron chi connectivity index (χ4n) is 4.50. The highest BCUT2D eigenvalue weighted by Crippen LogP contribution is 2.19. The zero-order valence-electron chi connectivity index (χ0n) is 18.5. The highest BCUT2D eigenvalue weighted by Gasteiger charge is 2.16. The number of benzene rings is 1. The molecule has 0 spiro atoms. The van der Waals surface area contributed by atoms with E-state index in [9.17, 15) is 0 Å². The molecule has 2 saturated heterocycles. The second kappa shape index (κ2) is 12.2. The van der Waals surface area contributed by atoms with Gasteiger partial charge in [-0.05, 0) is 62.2 Å². The summed E-state index contributed by atoms with van der Waals surface area (Å²) in [7, 11) is 4.04. The minimum absolute atomic E-state index is 0.790. The summed E-state index contributed by atoms with van der Waals surface area (Å²) in [6.07, 6.45) is 9.06. The Morgan fingerprint density at radius 3 is 2.48 bits per heavy atom. The second-order valence-electron chi connectivity index (χ2n) is 8.63. The topological polar surface area (TPSA) is 40.1 Å². The number of nitrogens with one attached hydrogen (secondary N) is 1. The normalized spacial score (nSPS) is 19.7. The van der Waals surface area contributed by atoms with Gasteiger partial charge in [0.1, 0.15) is 0 Å². The van der Waals surface area contributed by atoms with Crippen LogP contribution in [0.15, 0.2) is 29.3 Å². The summed E-state index contributed by atoms with van der Waals surface area (Å²) < 4.78 is 5.48. The SMILES string of the molecule is CN=C(NCc1ccccc1CN1CCCCCC1)N(C)CCC1CCOCC1. The average Bonchev–Trinajstić information content (AvgIpc) is 3.03. The lowest BCUT2D eigenvalue weighted by Gasteiger charge is -2.27. The first-order valence-electron chi connectivity index (χ1n) is 11.5. The van der Waals surface area contributed by atoms with Crippen LogP contribution < -0.4 is 5.32 Å². The summed E-state index contributed by atoms with van der Waals surface area (Å²) in [4.78, 5) is 9.42. The molecule has 0 saturated carbocycles. The number of ether oxygens (including phenoxy) is 1. The molecule has 0 bridgehead atoms. The number of aliphatic imine (C=N–C) groups is 1. The molecule has 5 nitrogen and oxygen atoms in total. The van der Waals surface area contributed by atoms with Crippen molar-refractivity contribution >= 4 is 5.96 Å². The Hall–Kier alpha value is -1.59. The van der Waals surface area contributed by atoms with Gasteiger partial charge >= 0.3 is 0 Å². The van der Waals surface area contributed by atoms with E-state index in [0.717, 1.165) is 44.7 Å². The van der Waals surface area contributed by atoms with E-state index < -0.39 is 0 Å². The maximum atomic E-state index is 5.48. The van der Waals surface area contributed by atoms with Crippen LogP contribution in [0.1, 0.15) is 56.1 Å². The highest BCUT2D eigenvalue weighted by atomic mass is 16.5. The molecule has 1 aromatic carbocycles. The Morgan fingerprint density at radius 1 is 1.10 bits per heavy atom. The van der Waals surface area contributed by atoms with Crippen LogP contribution in [0.4, 0.5) is 0 Å². The molecule has 162 valence electrons. The van der Waals surface area contributed by atoms with Crippen LogP contribution in [0.5, 0.6) is 0 Å². The Kier molecular flexibility index (Phi) is 9.29. The summed E-state index contributed by atoms with van der Waals surface area (Å²) >= 11 is 0. The second-order valence-corrected chi connectivity index (χ2v) is 8.63. The van der Waals surface area contributed by atoms with Crippen LogP contribution in [-0.2, 0) is 17.8 Å². The van der Waals surface area contributed by atoms with Crippen LogP contribution in [0, 0.1) is 5.92 Å². The Balaban J connectivity index is 1.50. The first-order chi connectivity index (χ1) is 14.3. The zero-order chi connectivity index (χ0) is 20.3. The summed E-state index contributed by atoms with van der Waals surface area (Å²) in [6.45, 7) is 7.26. The summed E-state index contributed by atoms with van der Waals surface area (Å²) in [6, 6.07) is 8.88. The van der Waals surface area contributed by atoms with E-state index in [0.29, 0.717) is 0 Å². The van der Waals surface area contributed by atoms with Gasteiger partial charge in [0, 0.05) is 46.9 Å². The highest BCUT2D eigenvalue weighted by molar-refractivity contribution is 5.79. The minimum atomic E-state index is 0.790. The molecule has 0 atom stereocenters. The van der Waals surface area contributed by atoms with Crippen molar-refractivity contribution in [2.45, 2.75) is 58.0 Å². The van der Waals surface area contributed by atoms with E-state index in [1.54, 1.807) is 0 Å². The van der Waals surface area contributed by atoms with Crippen LogP contribution in [0.3, 0.4) is 0 Å². The van der Waals surface area contributed by atoms with E-state index in [1.807, 2.05) is 7.05 Å². The third kappa shape index (κ3) is 7.31. The predicted molar refractivity (Wildman–Crippen MR) is 121 cm³/mol. The summed E-state index contributed by atoms with van der Waals surface area (Å²) in [5, 5.41) is 3.60. The fourth-order valence-corrected chi connectivity index (χ4v) is 4.50. The largest absolute Gasteiger partial charge is 0.381 e. The van der Waals surface area contributed by atoms with Gasteiger partial charge in [-0.3, -0.25) is 9.89 Å². The van der Waals surface area contributed by atoms with Gasteiger partial charge in [-0.15, -0.1) is 0 Å². The van der Waals surface area contributed by atoms with E-state index in [2.05, 4.69) is 51.4 Å². The molecule has 0 aliphatic carbocycles. The number of hydrogen-bond donors (Lipinski definition) is 1. The number of likely N-dealkylation sites (tertiary alicyclic amines) is 1. The van der Waals surface area contributed by atoms with Crippen molar-refractivity contribution in [2.24, 2.45) is 10.9 Å². The Morgan fingerprint density at radius 2 is 1.79 bits per heavy atom. The third-order valence-corrected chi connectivity index (χ3v) is 6.43. The molecule has 0 unspecified atom stereocenters. The summed E-state index contributed by atoms with van der Waals surface area (Å²) in [5.74, 6) is 1.78. The number of nitrogens with zero attached hydrogens (tertiary/aromatic N) is 3. The van der Waals surface area contributed by atoms with Crippen molar-refractivity contribution < 1.29 is 4.74 Å². The van der Waals surface area contributed by atoms with E-state index >= 15 is 0 Å². The van der Waals surface area contributed by atoms with E-state index in [4.69, 9.17) is 4.74 Å². The zero-order valence-corrected chi connectivity index (χ0v) is 18.5. The number of guanidine groups is 1. The number of rotatable bonds is 7. The van der Waals surface area contributed by atoms with Gasteiger partial charge in [-0.1, -0.05) is 37.1 Å². The third-order valence-electron chi connectivity index (χ3n) is 6.43. The molecule has 1 N–H and O–H groups in total. The predicted octanol–water partition coefficient (Wildman–Crippen LogP) is 3.89. The first-order valence-corrected chi connectivity index (χ1v) is 11.5. The number of hydrogen-bond acceptors (Lipinski definition) is 3. The lowest BCUT2D eigenvalue weighted by Crippen LogP contribution is -2.40. The Labute approximate surface area is 177 Å². The maximum Gasteiger partial charge on any atom is 0.193 e. The molecular formula is C24H40N4O. The molecular weight excluding hydrogens is 360 g/mol. The van der Waals surface area contributed by atoms with Gasteiger partial charge < -0.3 is 15.0 Å². The van der Waals surface area contributed by atoms with Crippen molar-refractivity contribution in [1.82, 2.24) is 15.1 Å². The van der Waals surface area contributed by atoms with Crippen molar-refractivity contribution in [3.63, 3.8) is 0 Å². The fraction of sp³-hybridized carbons (Fsp3) is 0.708. The summed E-state index contributed by atoms with van der Waals surface area (Å²) in [5.41, 5.74) is 2.83. The van der Waals surface area contributed by atoms with Crippen molar-refractivity contribution in [2.75, 3.05) is 46.9 Å². The average molecular weight is 401 g/mol. The van der Waals surface area contributed by atoms with E-state index in [1.165, 1.54) is 69.2 Å².